The number of likely N-dealkylation sites (tertiary alicyclic amines) is 1. The second kappa shape index (κ2) is 8.19. The monoisotopic (exact) mass is 345 g/mol. The predicted molar refractivity (Wildman–Crippen MR) is 99.3 cm³/mol. The number of urea groups is 1. The van der Waals surface area contributed by atoms with E-state index in [0.717, 1.165) is 45.2 Å². The summed E-state index contributed by atoms with van der Waals surface area (Å²) in [4.78, 5) is 14.5. The second-order valence-corrected chi connectivity index (χ2v) is 7.75. The van der Waals surface area contributed by atoms with Gasteiger partial charge in [0.2, 0.25) is 0 Å². The Balaban J connectivity index is 1.36. The van der Waals surface area contributed by atoms with Crippen LogP contribution >= 0.6 is 0 Å². The topological polar surface area (TPSA) is 64.6 Å². The summed E-state index contributed by atoms with van der Waals surface area (Å²) in [5.74, 6) is 0. The lowest BCUT2D eigenvalue weighted by Gasteiger charge is -2.38. The summed E-state index contributed by atoms with van der Waals surface area (Å²) in [5, 5.41) is 16.0. The summed E-state index contributed by atoms with van der Waals surface area (Å²) in [7, 11) is 0. The average molecular weight is 345 g/mol. The van der Waals surface area contributed by atoms with E-state index in [1.54, 1.807) is 0 Å². The molecule has 1 aliphatic heterocycles. The summed E-state index contributed by atoms with van der Waals surface area (Å²) in [6, 6.07) is 11.1. The van der Waals surface area contributed by atoms with E-state index in [1.165, 1.54) is 5.56 Å². The Morgan fingerprint density at radius 1 is 1.32 bits per heavy atom. The molecule has 1 saturated heterocycles. The molecule has 0 spiro atoms. The van der Waals surface area contributed by atoms with Gasteiger partial charge in [-0.05, 0) is 51.0 Å². The van der Waals surface area contributed by atoms with Crippen LogP contribution in [0.25, 0.3) is 0 Å². The van der Waals surface area contributed by atoms with Gasteiger partial charge in [-0.1, -0.05) is 30.3 Å². The highest BCUT2D eigenvalue weighted by atomic mass is 16.3. The van der Waals surface area contributed by atoms with E-state index < -0.39 is 5.60 Å². The Bertz CT molecular complexity index is 559. The molecule has 138 valence electrons. The minimum absolute atomic E-state index is 0.100. The van der Waals surface area contributed by atoms with Crippen LogP contribution in [0.4, 0.5) is 4.79 Å². The first-order chi connectivity index (χ1) is 12.0. The van der Waals surface area contributed by atoms with Gasteiger partial charge in [0.25, 0.3) is 0 Å². The van der Waals surface area contributed by atoms with Gasteiger partial charge in [0.05, 0.1) is 5.60 Å². The predicted octanol–water partition coefficient (Wildman–Crippen LogP) is 2.64. The molecule has 2 aliphatic rings. The molecule has 2 atom stereocenters. The third-order valence-electron chi connectivity index (χ3n) is 5.74. The highest BCUT2D eigenvalue weighted by Gasteiger charge is 2.33. The molecule has 1 aromatic rings. The van der Waals surface area contributed by atoms with Crippen molar-refractivity contribution in [1.82, 2.24) is 15.5 Å². The summed E-state index contributed by atoms with van der Waals surface area (Å²) < 4.78 is 0. The molecule has 5 nitrogen and oxygen atoms in total. The molecule has 5 heteroatoms. The van der Waals surface area contributed by atoms with Gasteiger partial charge in [-0.15, -0.1) is 0 Å². The van der Waals surface area contributed by atoms with E-state index in [0.29, 0.717) is 19.0 Å². The first-order valence-electron chi connectivity index (χ1n) is 9.59. The van der Waals surface area contributed by atoms with Crippen LogP contribution in [-0.2, 0) is 6.54 Å². The normalized spacial score (nSPS) is 25.8. The third kappa shape index (κ3) is 5.19. The standard InChI is InChI=1S/C20H31N3O2/c1-16-14-18(8-13-23(16)15-17-6-3-2-4-7-17)22-19(24)21-12-11-20(25)9-5-10-20/h2-4,6-7,16,18,25H,5,8-15H2,1H3,(H2,21,22,24)/t16-,18+/m1/s1. The maximum absolute atomic E-state index is 12.1. The number of nitrogens with one attached hydrogen (secondary N) is 2. The van der Waals surface area contributed by atoms with Crippen LogP contribution in [-0.4, -0.2) is 46.8 Å². The number of piperidine rings is 1. The highest BCUT2D eigenvalue weighted by molar-refractivity contribution is 5.74. The molecule has 1 aliphatic carbocycles. The highest BCUT2D eigenvalue weighted by Crippen LogP contribution is 2.34. The van der Waals surface area contributed by atoms with Gasteiger partial charge in [0.15, 0.2) is 0 Å². The molecular weight excluding hydrogens is 314 g/mol. The quantitative estimate of drug-likeness (QED) is 0.743. The largest absolute Gasteiger partial charge is 0.390 e. The van der Waals surface area contributed by atoms with Crippen molar-refractivity contribution in [2.45, 2.75) is 69.7 Å². The molecule has 3 rings (SSSR count). The fourth-order valence-electron chi connectivity index (χ4n) is 3.88. The number of benzene rings is 1. The summed E-state index contributed by atoms with van der Waals surface area (Å²) in [5.41, 5.74) is 0.817. The van der Waals surface area contributed by atoms with Crippen LogP contribution in [0.3, 0.4) is 0 Å². The van der Waals surface area contributed by atoms with Gasteiger partial charge < -0.3 is 15.7 Å². The summed E-state index contributed by atoms with van der Waals surface area (Å²) >= 11 is 0. The van der Waals surface area contributed by atoms with Crippen molar-refractivity contribution in [3.63, 3.8) is 0 Å². The molecule has 0 unspecified atom stereocenters. The Labute approximate surface area is 150 Å². The Morgan fingerprint density at radius 3 is 2.72 bits per heavy atom. The first kappa shape index (κ1) is 18.2. The van der Waals surface area contributed by atoms with Crippen LogP contribution < -0.4 is 10.6 Å². The first-order valence-corrected chi connectivity index (χ1v) is 9.59. The maximum Gasteiger partial charge on any atom is 0.315 e. The van der Waals surface area contributed by atoms with Crippen LogP contribution in [0.15, 0.2) is 30.3 Å². The van der Waals surface area contributed by atoms with Crippen molar-refractivity contribution in [1.29, 1.82) is 0 Å². The minimum Gasteiger partial charge on any atom is -0.390 e. The zero-order valence-electron chi connectivity index (χ0n) is 15.2. The van der Waals surface area contributed by atoms with E-state index in [1.807, 2.05) is 6.07 Å². The number of amides is 2. The summed E-state index contributed by atoms with van der Waals surface area (Å²) in [6.45, 7) is 4.76. The number of rotatable bonds is 6. The van der Waals surface area contributed by atoms with Crippen LogP contribution in [0.5, 0.6) is 0 Å². The molecule has 0 aromatic heterocycles. The van der Waals surface area contributed by atoms with E-state index in [4.69, 9.17) is 0 Å². The molecular formula is C20H31N3O2. The number of carbonyl (C=O) groups excluding carboxylic acids is 1. The van der Waals surface area contributed by atoms with Crippen molar-refractivity contribution < 1.29 is 9.90 Å². The lowest BCUT2D eigenvalue weighted by atomic mass is 9.78. The Hall–Kier alpha value is -1.59. The van der Waals surface area contributed by atoms with Gasteiger partial charge in [-0.2, -0.15) is 0 Å². The van der Waals surface area contributed by atoms with Gasteiger partial charge in [-0.3, -0.25) is 4.90 Å². The number of hydrogen-bond acceptors (Lipinski definition) is 3. The third-order valence-corrected chi connectivity index (χ3v) is 5.74. The fraction of sp³-hybridized carbons (Fsp3) is 0.650. The molecule has 25 heavy (non-hydrogen) atoms. The van der Waals surface area contributed by atoms with Crippen LogP contribution in [0.2, 0.25) is 0 Å². The Kier molecular flexibility index (Phi) is 5.97. The molecule has 0 bridgehead atoms. The SMILES string of the molecule is C[C@@H]1C[C@@H](NC(=O)NCCC2(O)CCC2)CCN1Cc1ccccc1. The summed E-state index contributed by atoms with van der Waals surface area (Å²) in [6.07, 6.45) is 5.45. The van der Waals surface area contributed by atoms with Gasteiger partial charge in [0, 0.05) is 31.7 Å². The molecule has 1 saturated carbocycles. The van der Waals surface area contributed by atoms with Gasteiger partial charge in [-0.25, -0.2) is 4.79 Å². The number of aliphatic hydroxyl groups is 1. The molecule has 2 fully saturated rings. The smallest absolute Gasteiger partial charge is 0.315 e. The van der Waals surface area contributed by atoms with E-state index in [9.17, 15) is 9.90 Å². The Morgan fingerprint density at radius 2 is 2.08 bits per heavy atom. The van der Waals surface area contributed by atoms with E-state index in [-0.39, 0.29) is 12.1 Å². The average Bonchev–Trinajstić information content (AvgIpc) is 2.57. The lowest BCUT2D eigenvalue weighted by Crippen LogP contribution is -2.51. The molecule has 0 radical (unpaired) electrons. The van der Waals surface area contributed by atoms with E-state index in [2.05, 4.69) is 46.7 Å². The van der Waals surface area contributed by atoms with Gasteiger partial charge >= 0.3 is 6.03 Å². The number of carbonyl (C=O) groups is 1. The fourth-order valence-corrected chi connectivity index (χ4v) is 3.88. The molecule has 1 aromatic carbocycles. The minimum atomic E-state index is -0.523. The van der Waals surface area contributed by atoms with Crippen LogP contribution in [0, 0.1) is 0 Å². The number of hydrogen-bond donors (Lipinski definition) is 3. The van der Waals surface area contributed by atoms with Crippen molar-refractivity contribution in [2.75, 3.05) is 13.1 Å². The molecule has 3 N–H and O–H groups in total. The zero-order chi connectivity index (χ0) is 17.7. The zero-order valence-corrected chi connectivity index (χ0v) is 15.2. The molecule has 2 amide bonds. The van der Waals surface area contributed by atoms with E-state index >= 15 is 0 Å². The lowest BCUT2D eigenvalue weighted by molar-refractivity contribution is -0.0389. The second-order valence-electron chi connectivity index (χ2n) is 7.75. The van der Waals surface area contributed by atoms with Crippen molar-refractivity contribution in [3.05, 3.63) is 35.9 Å². The van der Waals surface area contributed by atoms with Crippen molar-refractivity contribution in [3.8, 4) is 0 Å². The van der Waals surface area contributed by atoms with Crippen molar-refractivity contribution >= 4 is 6.03 Å². The van der Waals surface area contributed by atoms with Gasteiger partial charge in [0.1, 0.15) is 0 Å². The van der Waals surface area contributed by atoms with Crippen molar-refractivity contribution in [2.24, 2.45) is 0 Å². The number of nitrogens with zero attached hydrogens (tertiary/aromatic N) is 1. The molecule has 1 heterocycles. The van der Waals surface area contributed by atoms with Crippen LogP contribution in [0.1, 0.15) is 51.0 Å². The maximum atomic E-state index is 12.1.